The number of thiophene rings is 1. The van der Waals surface area contributed by atoms with Crippen LogP contribution in [-0.2, 0) is 17.9 Å². The molecule has 5 aromatic rings. The molecule has 0 radical (unpaired) electrons. The van der Waals surface area contributed by atoms with Crippen molar-refractivity contribution in [1.29, 1.82) is 0 Å². The average molecular weight is 488 g/mol. The number of benzene rings is 3. The third-order valence-corrected chi connectivity index (χ3v) is 6.87. The van der Waals surface area contributed by atoms with E-state index < -0.39 is 0 Å². The number of likely N-dealkylation sites (N-methyl/N-ethyl adjacent to an activating group) is 1. The van der Waals surface area contributed by atoms with E-state index in [9.17, 15) is 14.0 Å². The van der Waals surface area contributed by atoms with Gasteiger partial charge in [0.2, 0.25) is 5.91 Å². The zero-order valence-electron chi connectivity index (χ0n) is 19.2. The van der Waals surface area contributed by atoms with Gasteiger partial charge in [0.1, 0.15) is 22.9 Å². The van der Waals surface area contributed by atoms with E-state index in [2.05, 4.69) is 4.98 Å². The SMILES string of the molecule is COc1ccc2cc(CN(C)C(=O)Cn3cnc4scc(-c5ccc(F)cc5)c4c3=O)ccc2c1. The molecule has 0 unspecified atom stereocenters. The predicted molar refractivity (Wildman–Crippen MR) is 136 cm³/mol. The third-order valence-electron chi connectivity index (χ3n) is 5.98. The number of carbonyl (C=O) groups excluding carboxylic acids is 1. The number of aromatic nitrogens is 2. The van der Waals surface area contributed by atoms with Crippen LogP contribution in [0, 0.1) is 5.82 Å². The molecule has 0 saturated heterocycles. The molecule has 0 atom stereocenters. The fourth-order valence-corrected chi connectivity index (χ4v) is 4.96. The molecular formula is C27H22FN3O3S. The summed E-state index contributed by atoms with van der Waals surface area (Å²) in [5.41, 5.74) is 2.10. The van der Waals surface area contributed by atoms with Gasteiger partial charge in [-0.15, -0.1) is 11.3 Å². The first-order chi connectivity index (χ1) is 16.9. The Morgan fingerprint density at radius 2 is 1.83 bits per heavy atom. The molecule has 5 rings (SSSR count). The number of nitrogens with zero attached hydrogens (tertiary/aromatic N) is 3. The first kappa shape index (κ1) is 22.7. The minimum atomic E-state index is -0.344. The highest BCUT2D eigenvalue weighted by Gasteiger charge is 2.17. The van der Waals surface area contributed by atoms with Gasteiger partial charge in [-0.1, -0.05) is 30.3 Å². The molecule has 35 heavy (non-hydrogen) atoms. The highest BCUT2D eigenvalue weighted by atomic mass is 32.1. The lowest BCUT2D eigenvalue weighted by Gasteiger charge is -2.18. The summed E-state index contributed by atoms with van der Waals surface area (Å²) < 4.78 is 19.9. The van der Waals surface area contributed by atoms with Gasteiger partial charge >= 0.3 is 0 Å². The molecule has 0 saturated carbocycles. The average Bonchev–Trinajstić information content (AvgIpc) is 3.30. The van der Waals surface area contributed by atoms with Crippen LogP contribution in [0.3, 0.4) is 0 Å². The first-order valence-corrected chi connectivity index (χ1v) is 11.8. The number of carbonyl (C=O) groups is 1. The van der Waals surface area contributed by atoms with Crippen molar-refractivity contribution in [3.05, 3.63) is 94.1 Å². The Morgan fingerprint density at radius 1 is 1.09 bits per heavy atom. The zero-order valence-corrected chi connectivity index (χ0v) is 20.0. The van der Waals surface area contributed by atoms with E-state index in [1.54, 1.807) is 31.2 Å². The maximum absolute atomic E-state index is 13.3. The summed E-state index contributed by atoms with van der Waals surface area (Å²) in [6, 6.07) is 17.9. The van der Waals surface area contributed by atoms with Crippen LogP contribution in [0.5, 0.6) is 5.75 Å². The van der Waals surface area contributed by atoms with Crippen LogP contribution < -0.4 is 10.3 Å². The van der Waals surface area contributed by atoms with Crippen LogP contribution in [0.4, 0.5) is 4.39 Å². The second-order valence-corrected chi connectivity index (χ2v) is 9.17. The number of ether oxygens (including phenoxy) is 1. The lowest BCUT2D eigenvalue weighted by Crippen LogP contribution is -2.33. The molecule has 8 heteroatoms. The summed E-state index contributed by atoms with van der Waals surface area (Å²) in [6.07, 6.45) is 1.41. The van der Waals surface area contributed by atoms with E-state index in [1.165, 1.54) is 34.4 Å². The highest BCUT2D eigenvalue weighted by Crippen LogP contribution is 2.30. The van der Waals surface area contributed by atoms with Crippen molar-refractivity contribution < 1.29 is 13.9 Å². The van der Waals surface area contributed by atoms with Crippen LogP contribution in [-0.4, -0.2) is 34.5 Å². The standard InChI is InChI=1S/C27H22FN3O3S/c1-30(13-17-3-4-20-12-22(34-2)10-7-19(20)11-17)24(32)14-31-16-29-26-25(27(31)33)23(15-35-26)18-5-8-21(28)9-6-18/h3-12,15-16H,13-14H2,1-2H3. The van der Waals surface area contributed by atoms with Gasteiger partial charge in [-0.2, -0.15) is 0 Å². The third kappa shape index (κ3) is 4.52. The summed E-state index contributed by atoms with van der Waals surface area (Å²) in [5.74, 6) is 0.243. The highest BCUT2D eigenvalue weighted by molar-refractivity contribution is 7.17. The van der Waals surface area contributed by atoms with Crippen molar-refractivity contribution in [2.24, 2.45) is 0 Å². The zero-order chi connectivity index (χ0) is 24.5. The van der Waals surface area contributed by atoms with Crippen molar-refractivity contribution in [3.8, 4) is 16.9 Å². The molecule has 0 fully saturated rings. The molecule has 0 aliphatic rings. The molecule has 0 bridgehead atoms. The first-order valence-electron chi connectivity index (χ1n) is 11.0. The van der Waals surface area contributed by atoms with Crippen molar-refractivity contribution in [1.82, 2.24) is 14.5 Å². The molecule has 2 heterocycles. The summed E-state index contributed by atoms with van der Waals surface area (Å²) in [7, 11) is 3.35. The summed E-state index contributed by atoms with van der Waals surface area (Å²) >= 11 is 1.34. The van der Waals surface area contributed by atoms with E-state index in [0.717, 1.165) is 27.6 Å². The van der Waals surface area contributed by atoms with E-state index in [4.69, 9.17) is 4.74 Å². The topological polar surface area (TPSA) is 64.4 Å². The molecule has 3 aromatic carbocycles. The van der Waals surface area contributed by atoms with Gasteiger partial charge in [0.15, 0.2) is 0 Å². The molecule has 0 aliphatic carbocycles. The smallest absolute Gasteiger partial charge is 0.263 e. The molecule has 0 aliphatic heterocycles. The number of hydrogen-bond donors (Lipinski definition) is 0. The van der Waals surface area contributed by atoms with Crippen molar-refractivity contribution in [2.45, 2.75) is 13.1 Å². The van der Waals surface area contributed by atoms with Gasteiger partial charge in [-0.25, -0.2) is 9.37 Å². The predicted octanol–water partition coefficient (Wildman–Crippen LogP) is 5.08. The fourth-order valence-electron chi connectivity index (χ4n) is 4.05. The second-order valence-electron chi connectivity index (χ2n) is 8.31. The van der Waals surface area contributed by atoms with Crippen molar-refractivity contribution in [3.63, 3.8) is 0 Å². The maximum Gasteiger partial charge on any atom is 0.263 e. The van der Waals surface area contributed by atoms with Gasteiger partial charge in [0.05, 0.1) is 18.8 Å². The molecule has 2 aromatic heterocycles. The van der Waals surface area contributed by atoms with Crippen LogP contribution in [0.15, 0.2) is 77.2 Å². The van der Waals surface area contributed by atoms with Crippen molar-refractivity contribution in [2.75, 3.05) is 14.2 Å². The van der Waals surface area contributed by atoms with E-state index in [1.807, 2.05) is 41.8 Å². The Bertz CT molecular complexity index is 1610. The Kier molecular flexibility index (Phi) is 6.05. The summed E-state index contributed by atoms with van der Waals surface area (Å²) in [4.78, 5) is 32.8. The summed E-state index contributed by atoms with van der Waals surface area (Å²) in [6.45, 7) is 0.284. The Hall–Kier alpha value is -4.04. The molecular weight excluding hydrogens is 465 g/mol. The number of halogens is 1. The lowest BCUT2D eigenvalue weighted by molar-refractivity contribution is -0.131. The quantitative estimate of drug-likeness (QED) is 0.335. The number of amides is 1. The largest absolute Gasteiger partial charge is 0.497 e. The second kappa shape index (κ2) is 9.31. The number of rotatable bonds is 6. The molecule has 0 spiro atoms. The number of hydrogen-bond acceptors (Lipinski definition) is 5. The Labute approximate surface area is 204 Å². The van der Waals surface area contributed by atoms with Crippen LogP contribution in [0.2, 0.25) is 0 Å². The lowest BCUT2D eigenvalue weighted by atomic mass is 10.1. The van der Waals surface area contributed by atoms with E-state index >= 15 is 0 Å². The van der Waals surface area contributed by atoms with Gasteiger partial charge in [0.25, 0.3) is 5.56 Å². The Balaban J connectivity index is 1.36. The number of fused-ring (bicyclic) bond motifs is 2. The van der Waals surface area contributed by atoms with Crippen LogP contribution >= 0.6 is 11.3 Å². The van der Waals surface area contributed by atoms with E-state index in [0.29, 0.717) is 22.3 Å². The maximum atomic E-state index is 13.3. The minimum Gasteiger partial charge on any atom is -0.497 e. The van der Waals surface area contributed by atoms with Crippen LogP contribution in [0.1, 0.15) is 5.56 Å². The normalized spacial score (nSPS) is 11.2. The molecule has 0 N–H and O–H groups in total. The van der Waals surface area contributed by atoms with Gasteiger partial charge in [-0.3, -0.25) is 14.2 Å². The fraction of sp³-hybridized carbons (Fsp3) is 0.148. The van der Waals surface area contributed by atoms with E-state index in [-0.39, 0.29) is 23.8 Å². The minimum absolute atomic E-state index is 0.123. The monoisotopic (exact) mass is 487 g/mol. The summed E-state index contributed by atoms with van der Waals surface area (Å²) in [5, 5.41) is 4.38. The number of methoxy groups -OCH3 is 1. The molecule has 6 nitrogen and oxygen atoms in total. The van der Waals surface area contributed by atoms with Crippen LogP contribution in [0.25, 0.3) is 32.1 Å². The molecule has 176 valence electrons. The van der Waals surface area contributed by atoms with Crippen molar-refractivity contribution >= 4 is 38.2 Å². The van der Waals surface area contributed by atoms with Gasteiger partial charge in [-0.05, 0) is 52.2 Å². The molecule has 1 amide bonds. The Morgan fingerprint density at radius 3 is 2.60 bits per heavy atom. The van der Waals surface area contributed by atoms with Gasteiger partial charge < -0.3 is 9.64 Å². The van der Waals surface area contributed by atoms with Gasteiger partial charge in [0, 0.05) is 24.5 Å².